The third-order valence-corrected chi connectivity index (χ3v) is 9.52. The summed E-state index contributed by atoms with van der Waals surface area (Å²) in [5.41, 5.74) is 8.82. The van der Waals surface area contributed by atoms with Crippen molar-refractivity contribution in [3.05, 3.63) is 151 Å². The molecule has 0 unspecified atom stereocenters. The molecule has 3 nitrogen and oxygen atoms in total. The van der Waals surface area contributed by atoms with Gasteiger partial charge in [0.15, 0.2) is 5.78 Å². The van der Waals surface area contributed by atoms with Crippen LogP contribution in [0.4, 0.5) is 11.4 Å². The number of anilines is 2. The maximum Gasteiger partial charge on any atom is 0.264 e. The second kappa shape index (κ2) is 9.44. The van der Waals surface area contributed by atoms with Gasteiger partial charge in [-0.3, -0.25) is 14.5 Å². The second-order valence-corrected chi connectivity index (χ2v) is 12.3. The lowest BCUT2D eigenvalue weighted by Crippen LogP contribution is -2.44. The molecule has 0 fully saturated rings. The first-order valence-corrected chi connectivity index (χ1v) is 14.4. The number of hydrogen-bond acceptors (Lipinski definition) is 3. The summed E-state index contributed by atoms with van der Waals surface area (Å²) in [5, 5.41) is 1.92. The summed E-state index contributed by atoms with van der Waals surface area (Å²) in [7, 11) is 0. The van der Waals surface area contributed by atoms with E-state index >= 15 is 0 Å². The van der Waals surface area contributed by atoms with E-state index in [1.807, 2.05) is 71.0 Å². The molecule has 1 spiro atoms. The van der Waals surface area contributed by atoms with Crippen molar-refractivity contribution in [1.82, 2.24) is 0 Å². The van der Waals surface area contributed by atoms with Crippen LogP contribution in [0.3, 0.4) is 0 Å². The highest BCUT2D eigenvalue weighted by atomic mass is 79.9. The number of allylic oxidation sites excluding steroid dienone is 5. The second-order valence-electron chi connectivity index (χ2n) is 10.0. The van der Waals surface area contributed by atoms with Gasteiger partial charge in [-0.25, -0.2) is 0 Å². The van der Waals surface area contributed by atoms with Gasteiger partial charge in [-0.05, 0) is 82.5 Å². The molecule has 39 heavy (non-hydrogen) atoms. The van der Waals surface area contributed by atoms with Crippen LogP contribution in [0.2, 0.25) is 0 Å². The van der Waals surface area contributed by atoms with Crippen LogP contribution < -0.4 is 4.90 Å². The average Bonchev–Trinajstić information content (AvgIpc) is 3.36. The van der Waals surface area contributed by atoms with Crippen molar-refractivity contribution in [3.63, 3.8) is 0 Å². The van der Waals surface area contributed by atoms with Crippen molar-refractivity contribution < 1.29 is 9.59 Å². The number of ketones is 1. The van der Waals surface area contributed by atoms with Gasteiger partial charge in [0.1, 0.15) is 0 Å². The van der Waals surface area contributed by atoms with E-state index in [2.05, 4.69) is 61.5 Å². The number of Topliss-reactive ketones (excluding diaryl/α,β-unsaturated/α-hetero) is 1. The van der Waals surface area contributed by atoms with Gasteiger partial charge in [-0.15, -0.1) is 11.3 Å². The monoisotopic (exact) mass is 591 g/mol. The molecule has 1 aliphatic carbocycles. The summed E-state index contributed by atoms with van der Waals surface area (Å²) < 4.78 is 0.802. The minimum Gasteiger partial charge on any atom is -0.289 e. The highest BCUT2D eigenvalue weighted by Gasteiger charge is 2.52. The molecule has 1 amide bonds. The Labute approximate surface area is 240 Å². The van der Waals surface area contributed by atoms with E-state index in [0.29, 0.717) is 16.7 Å². The number of benzene rings is 3. The quantitative estimate of drug-likeness (QED) is 0.223. The van der Waals surface area contributed by atoms with Crippen LogP contribution in [0.25, 0.3) is 0 Å². The summed E-state index contributed by atoms with van der Waals surface area (Å²) in [6, 6.07) is 22.3. The number of aryl methyl sites for hydroxylation is 2. The summed E-state index contributed by atoms with van der Waals surface area (Å²) >= 11 is 5.08. The Morgan fingerprint density at radius 2 is 1.56 bits per heavy atom. The molecule has 5 heteroatoms. The number of amides is 1. The molecule has 0 saturated carbocycles. The summed E-state index contributed by atoms with van der Waals surface area (Å²) in [4.78, 5) is 30.0. The Bertz CT molecular complexity index is 1720. The Morgan fingerprint density at radius 3 is 2.15 bits per heavy atom. The molecule has 1 aromatic heterocycles. The standard InChI is InChI=1S/C34H26BrNO2S/c1-5-6-9-23-22(4)34(26-11-8-7-10-24(26)31(23)37)27-18-20(2)12-14-29(27)36(30-15-13-21(3)19-28(30)34)33(38)25-16-17-39-32(25)35/h5-19H,1H2,2-4H3/b9-6-. The zero-order chi connectivity index (χ0) is 27.5. The topological polar surface area (TPSA) is 37.4 Å². The summed E-state index contributed by atoms with van der Waals surface area (Å²) in [5.74, 6) is -0.0993. The number of carbonyl (C=O) groups is 2. The van der Waals surface area contributed by atoms with Gasteiger partial charge in [0.2, 0.25) is 0 Å². The number of carbonyl (C=O) groups excluding carboxylic acids is 2. The average molecular weight is 593 g/mol. The number of halogens is 1. The molecular weight excluding hydrogens is 566 g/mol. The van der Waals surface area contributed by atoms with E-state index in [9.17, 15) is 9.59 Å². The smallest absolute Gasteiger partial charge is 0.264 e. The summed E-state index contributed by atoms with van der Waals surface area (Å²) in [6.45, 7) is 10.0. The molecule has 2 heterocycles. The fourth-order valence-corrected chi connectivity index (χ4v) is 7.37. The molecule has 192 valence electrons. The van der Waals surface area contributed by atoms with Crippen LogP contribution in [0.5, 0.6) is 0 Å². The molecule has 3 aromatic carbocycles. The summed E-state index contributed by atoms with van der Waals surface area (Å²) in [6.07, 6.45) is 5.38. The van der Waals surface area contributed by atoms with Crippen molar-refractivity contribution in [1.29, 1.82) is 0 Å². The van der Waals surface area contributed by atoms with E-state index in [0.717, 1.165) is 48.6 Å². The molecule has 2 aliphatic rings. The van der Waals surface area contributed by atoms with E-state index < -0.39 is 5.41 Å². The van der Waals surface area contributed by atoms with Gasteiger partial charge in [0.05, 0.1) is 26.1 Å². The molecular formula is C34H26BrNO2S. The third kappa shape index (κ3) is 3.60. The minimum atomic E-state index is -0.767. The SMILES string of the molecule is C=C/C=C\C1=C(C)C2(c3ccccc3C1=O)c1cc(C)ccc1N(C(=O)c1ccsc1Br)c1ccc(C)cc12. The Kier molecular flexibility index (Phi) is 6.17. The molecule has 0 bridgehead atoms. The molecule has 4 aromatic rings. The lowest BCUT2D eigenvalue weighted by Gasteiger charge is -2.48. The number of thiophene rings is 1. The maximum atomic E-state index is 14.2. The Hall–Kier alpha value is -3.80. The van der Waals surface area contributed by atoms with Crippen molar-refractivity contribution in [2.24, 2.45) is 0 Å². The van der Waals surface area contributed by atoms with Gasteiger partial charge in [0.25, 0.3) is 5.91 Å². The van der Waals surface area contributed by atoms with Crippen LogP contribution >= 0.6 is 27.3 Å². The van der Waals surface area contributed by atoms with Gasteiger partial charge < -0.3 is 0 Å². The molecule has 6 rings (SSSR count). The predicted octanol–water partition coefficient (Wildman–Crippen LogP) is 9.01. The normalized spacial score (nSPS) is 15.4. The highest BCUT2D eigenvalue weighted by molar-refractivity contribution is 9.11. The van der Waals surface area contributed by atoms with E-state index in [-0.39, 0.29) is 11.7 Å². The Morgan fingerprint density at radius 1 is 0.923 bits per heavy atom. The van der Waals surface area contributed by atoms with Gasteiger partial charge >= 0.3 is 0 Å². The molecule has 0 N–H and O–H groups in total. The third-order valence-electron chi connectivity index (χ3n) is 7.83. The lowest BCUT2D eigenvalue weighted by molar-refractivity contribution is 0.0994. The van der Waals surface area contributed by atoms with E-state index in [1.54, 1.807) is 6.08 Å². The largest absolute Gasteiger partial charge is 0.289 e. The van der Waals surface area contributed by atoms with Crippen LogP contribution in [0, 0.1) is 13.8 Å². The van der Waals surface area contributed by atoms with Crippen molar-refractivity contribution in [3.8, 4) is 0 Å². The molecule has 0 radical (unpaired) electrons. The van der Waals surface area contributed by atoms with Crippen molar-refractivity contribution in [2.75, 3.05) is 4.90 Å². The maximum absolute atomic E-state index is 14.2. The molecule has 1 aliphatic heterocycles. The number of hydrogen-bond donors (Lipinski definition) is 0. The van der Waals surface area contributed by atoms with Crippen LogP contribution in [-0.2, 0) is 5.41 Å². The number of fused-ring (bicyclic) bond motifs is 6. The highest BCUT2D eigenvalue weighted by Crippen LogP contribution is 2.59. The lowest BCUT2D eigenvalue weighted by atomic mass is 9.57. The van der Waals surface area contributed by atoms with Crippen molar-refractivity contribution >= 4 is 50.3 Å². The van der Waals surface area contributed by atoms with Gasteiger partial charge in [-0.1, -0.05) is 84.5 Å². The number of nitrogens with zero attached hydrogens (tertiary/aromatic N) is 1. The van der Waals surface area contributed by atoms with Gasteiger partial charge in [0, 0.05) is 11.1 Å². The van der Waals surface area contributed by atoms with Crippen LogP contribution in [-0.4, -0.2) is 11.7 Å². The Balaban J connectivity index is 1.80. The zero-order valence-electron chi connectivity index (χ0n) is 21.9. The fourth-order valence-electron chi connectivity index (χ4n) is 6.14. The predicted molar refractivity (Wildman–Crippen MR) is 164 cm³/mol. The molecule has 0 saturated heterocycles. The molecule has 0 atom stereocenters. The van der Waals surface area contributed by atoms with E-state index in [4.69, 9.17) is 0 Å². The van der Waals surface area contributed by atoms with Crippen LogP contribution in [0.15, 0.2) is 112 Å². The number of rotatable bonds is 3. The first-order valence-electron chi connectivity index (χ1n) is 12.7. The first-order chi connectivity index (χ1) is 18.8. The first kappa shape index (κ1) is 25.5. The minimum absolute atomic E-state index is 0.00376. The zero-order valence-corrected chi connectivity index (χ0v) is 24.3. The van der Waals surface area contributed by atoms with Crippen LogP contribution in [0.1, 0.15) is 55.5 Å². The van der Waals surface area contributed by atoms with Gasteiger partial charge in [-0.2, -0.15) is 0 Å². The fraction of sp³-hybridized carbons (Fsp3) is 0.118. The van der Waals surface area contributed by atoms with Crippen molar-refractivity contribution in [2.45, 2.75) is 26.2 Å². The van der Waals surface area contributed by atoms with E-state index in [1.165, 1.54) is 11.3 Å².